The van der Waals surface area contributed by atoms with Crippen molar-refractivity contribution in [1.82, 2.24) is 9.97 Å². The second-order valence-electron chi connectivity index (χ2n) is 4.05. The van der Waals surface area contributed by atoms with E-state index in [2.05, 4.69) is 9.97 Å². The largest absolute Gasteiger partial charge is 0.306 e. The maximum atomic E-state index is 12.6. The van der Waals surface area contributed by atoms with Gasteiger partial charge in [-0.2, -0.15) is 0 Å². The lowest BCUT2D eigenvalue weighted by Crippen LogP contribution is -2.14. The number of hydrogen-bond donors (Lipinski definition) is 1. The Balaban J connectivity index is 2.55. The summed E-state index contributed by atoms with van der Waals surface area (Å²) >= 11 is 0. The Morgan fingerprint density at radius 3 is 2.61 bits per heavy atom. The molecule has 1 aromatic heterocycles. The van der Waals surface area contributed by atoms with E-state index in [0.717, 1.165) is 0 Å². The van der Waals surface area contributed by atoms with E-state index in [1.807, 2.05) is 0 Å². The first-order valence-electron chi connectivity index (χ1n) is 5.45. The molecule has 2 rings (SSSR count). The van der Waals surface area contributed by atoms with Gasteiger partial charge in [-0.3, -0.25) is 4.79 Å². The molecular formula is C13H12F2N2O. The highest BCUT2D eigenvalue weighted by molar-refractivity contribution is 5.56. The minimum absolute atomic E-state index is 0.0895. The molecule has 0 atom stereocenters. The number of H-pyrrole nitrogens is 1. The third kappa shape index (κ3) is 2.30. The average molecular weight is 250 g/mol. The van der Waals surface area contributed by atoms with Crippen LogP contribution in [0.15, 0.2) is 29.1 Å². The number of aryl methyl sites for hydroxylation is 1. The standard InChI is InChI=1S/C13H12F2N2O/c1-7-8(2)16-12(17-13(7)18)10-5-3-4-9(6-10)11(14)15/h3-6,11H,1-2H3,(H,16,17,18). The maximum Gasteiger partial charge on any atom is 0.263 e. The summed E-state index contributed by atoms with van der Waals surface area (Å²) in [6, 6.07) is 5.83. The molecule has 18 heavy (non-hydrogen) atoms. The van der Waals surface area contributed by atoms with Crippen LogP contribution in [-0.2, 0) is 0 Å². The summed E-state index contributed by atoms with van der Waals surface area (Å²) in [5.41, 5.74) is 1.27. The monoisotopic (exact) mass is 250 g/mol. The molecule has 0 aliphatic carbocycles. The van der Waals surface area contributed by atoms with Crippen LogP contribution in [0.3, 0.4) is 0 Å². The van der Waals surface area contributed by atoms with E-state index in [1.165, 1.54) is 18.2 Å². The average Bonchev–Trinajstić information content (AvgIpc) is 2.35. The Bertz CT molecular complexity index is 635. The van der Waals surface area contributed by atoms with Crippen LogP contribution < -0.4 is 5.56 Å². The van der Waals surface area contributed by atoms with Crippen molar-refractivity contribution >= 4 is 0 Å². The van der Waals surface area contributed by atoms with Crippen LogP contribution >= 0.6 is 0 Å². The number of alkyl halides is 2. The summed E-state index contributed by atoms with van der Waals surface area (Å²) in [5.74, 6) is 0.311. The Kier molecular flexibility index (Phi) is 3.23. The van der Waals surface area contributed by atoms with Crippen LogP contribution in [0.25, 0.3) is 11.4 Å². The van der Waals surface area contributed by atoms with Crippen LogP contribution in [0, 0.1) is 13.8 Å². The van der Waals surface area contributed by atoms with Gasteiger partial charge >= 0.3 is 0 Å². The predicted octanol–water partition coefficient (Wildman–Crippen LogP) is 2.99. The molecule has 0 unspecified atom stereocenters. The number of hydrogen-bond acceptors (Lipinski definition) is 2. The van der Waals surface area contributed by atoms with Crippen LogP contribution in [0.1, 0.15) is 23.2 Å². The number of aromatic amines is 1. The first-order chi connectivity index (χ1) is 8.49. The molecule has 3 nitrogen and oxygen atoms in total. The fourth-order valence-electron chi connectivity index (χ4n) is 1.60. The Hall–Kier alpha value is -2.04. The summed E-state index contributed by atoms with van der Waals surface area (Å²) in [7, 11) is 0. The van der Waals surface area contributed by atoms with Crippen molar-refractivity contribution < 1.29 is 8.78 Å². The van der Waals surface area contributed by atoms with Crippen LogP contribution in [0.2, 0.25) is 0 Å². The van der Waals surface area contributed by atoms with Crippen molar-refractivity contribution in [3.05, 3.63) is 51.4 Å². The molecule has 94 valence electrons. The minimum atomic E-state index is -2.54. The van der Waals surface area contributed by atoms with E-state index in [-0.39, 0.29) is 11.1 Å². The number of nitrogens with one attached hydrogen (secondary N) is 1. The minimum Gasteiger partial charge on any atom is -0.306 e. The van der Waals surface area contributed by atoms with Crippen LogP contribution in [-0.4, -0.2) is 9.97 Å². The summed E-state index contributed by atoms with van der Waals surface area (Å²) < 4.78 is 25.2. The molecule has 5 heteroatoms. The lowest BCUT2D eigenvalue weighted by atomic mass is 10.1. The fourth-order valence-corrected chi connectivity index (χ4v) is 1.60. The van der Waals surface area contributed by atoms with E-state index in [4.69, 9.17) is 0 Å². The van der Waals surface area contributed by atoms with Crippen molar-refractivity contribution in [1.29, 1.82) is 0 Å². The predicted molar refractivity (Wildman–Crippen MR) is 64.7 cm³/mol. The number of rotatable bonds is 2. The highest BCUT2D eigenvalue weighted by Gasteiger charge is 2.10. The van der Waals surface area contributed by atoms with Gasteiger partial charge in [-0.25, -0.2) is 13.8 Å². The van der Waals surface area contributed by atoms with E-state index in [0.29, 0.717) is 22.6 Å². The van der Waals surface area contributed by atoms with Gasteiger partial charge in [0.15, 0.2) is 0 Å². The summed E-state index contributed by atoms with van der Waals surface area (Å²) in [4.78, 5) is 18.4. The van der Waals surface area contributed by atoms with Gasteiger partial charge in [-0.05, 0) is 19.9 Å². The van der Waals surface area contributed by atoms with Gasteiger partial charge in [0, 0.05) is 22.4 Å². The molecule has 0 amide bonds. The van der Waals surface area contributed by atoms with Crippen molar-refractivity contribution in [3.8, 4) is 11.4 Å². The zero-order chi connectivity index (χ0) is 13.3. The molecule has 1 N–H and O–H groups in total. The zero-order valence-corrected chi connectivity index (χ0v) is 10.00. The fraction of sp³-hybridized carbons (Fsp3) is 0.231. The van der Waals surface area contributed by atoms with Gasteiger partial charge in [0.2, 0.25) is 0 Å². The van der Waals surface area contributed by atoms with Gasteiger partial charge in [0.05, 0.1) is 0 Å². The maximum absolute atomic E-state index is 12.6. The normalized spacial score (nSPS) is 10.9. The van der Waals surface area contributed by atoms with E-state index >= 15 is 0 Å². The number of nitrogens with zero attached hydrogens (tertiary/aromatic N) is 1. The van der Waals surface area contributed by atoms with Crippen molar-refractivity contribution in [2.75, 3.05) is 0 Å². The van der Waals surface area contributed by atoms with E-state index < -0.39 is 6.43 Å². The Morgan fingerprint density at radius 2 is 2.00 bits per heavy atom. The first kappa shape index (κ1) is 12.4. The number of aromatic nitrogens is 2. The lowest BCUT2D eigenvalue weighted by molar-refractivity contribution is 0.151. The smallest absolute Gasteiger partial charge is 0.263 e. The third-order valence-electron chi connectivity index (χ3n) is 2.81. The number of halogens is 2. The Morgan fingerprint density at radius 1 is 1.28 bits per heavy atom. The third-order valence-corrected chi connectivity index (χ3v) is 2.81. The second kappa shape index (κ2) is 4.68. The molecule has 0 saturated carbocycles. The molecule has 0 saturated heterocycles. The lowest BCUT2D eigenvalue weighted by Gasteiger charge is -2.06. The van der Waals surface area contributed by atoms with Gasteiger partial charge in [-0.1, -0.05) is 18.2 Å². The molecule has 1 aromatic carbocycles. The van der Waals surface area contributed by atoms with E-state index in [1.54, 1.807) is 19.9 Å². The van der Waals surface area contributed by atoms with Crippen molar-refractivity contribution in [2.24, 2.45) is 0 Å². The van der Waals surface area contributed by atoms with E-state index in [9.17, 15) is 13.6 Å². The van der Waals surface area contributed by atoms with Crippen molar-refractivity contribution in [3.63, 3.8) is 0 Å². The molecule has 0 fully saturated rings. The highest BCUT2D eigenvalue weighted by Crippen LogP contribution is 2.23. The molecule has 0 radical (unpaired) electrons. The Labute approximate surface area is 103 Å². The second-order valence-corrected chi connectivity index (χ2v) is 4.05. The molecule has 0 bridgehead atoms. The SMILES string of the molecule is Cc1nc(-c2cccc(C(F)F)c2)[nH]c(=O)c1C. The first-order valence-corrected chi connectivity index (χ1v) is 5.45. The van der Waals surface area contributed by atoms with Crippen LogP contribution in [0.5, 0.6) is 0 Å². The molecule has 0 aliphatic rings. The zero-order valence-electron chi connectivity index (χ0n) is 10.00. The molecule has 1 heterocycles. The van der Waals surface area contributed by atoms with Gasteiger partial charge in [-0.15, -0.1) is 0 Å². The highest BCUT2D eigenvalue weighted by atomic mass is 19.3. The summed E-state index contributed by atoms with van der Waals surface area (Å²) in [6.45, 7) is 3.38. The quantitative estimate of drug-likeness (QED) is 0.890. The van der Waals surface area contributed by atoms with Crippen LogP contribution in [0.4, 0.5) is 8.78 Å². The topological polar surface area (TPSA) is 45.8 Å². The summed E-state index contributed by atoms with van der Waals surface area (Å²) in [6.07, 6.45) is -2.54. The van der Waals surface area contributed by atoms with Gasteiger partial charge < -0.3 is 4.98 Å². The number of benzene rings is 1. The molecule has 2 aromatic rings. The molecular weight excluding hydrogens is 238 g/mol. The van der Waals surface area contributed by atoms with Gasteiger partial charge in [0.1, 0.15) is 5.82 Å². The molecule has 0 spiro atoms. The summed E-state index contributed by atoms with van der Waals surface area (Å²) in [5, 5.41) is 0. The van der Waals surface area contributed by atoms with Gasteiger partial charge in [0.25, 0.3) is 12.0 Å². The van der Waals surface area contributed by atoms with Crippen molar-refractivity contribution in [2.45, 2.75) is 20.3 Å². The molecule has 0 aliphatic heterocycles.